The van der Waals surface area contributed by atoms with Crippen LogP contribution in [0.3, 0.4) is 0 Å². The Kier molecular flexibility index (Phi) is 12.1. The minimum absolute atomic E-state index is 0.0138. The van der Waals surface area contributed by atoms with Gasteiger partial charge >= 0.3 is 11.9 Å². The minimum atomic E-state index is -1.70. The number of carbonyl (C=O) groups is 3. The predicted molar refractivity (Wildman–Crippen MR) is 189 cm³/mol. The quantitative estimate of drug-likeness (QED) is 0.0902. The number of benzene rings is 2. The second kappa shape index (κ2) is 17.1. The molecule has 0 saturated heterocycles. The topological polar surface area (TPSA) is 292 Å². The third-order valence-electron chi connectivity index (χ3n) is 7.93. The van der Waals surface area contributed by atoms with Crippen molar-refractivity contribution >= 4 is 46.5 Å². The van der Waals surface area contributed by atoms with E-state index in [2.05, 4.69) is 45.4 Å². The maximum atomic E-state index is 14.1. The lowest BCUT2D eigenvalue weighted by atomic mass is 9.93. The van der Waals surface area contributed by atoms with E-state index in [0.29, 0.717) is 23.4 Å². The van der Waals surface area contributed by atoms with E-state index in [4.69, 9.17) is 16.6 Å². The SMILES string of the molecule is CN(Cc1cnc2nc(N)nc(N)c2n1)c1ccc(C(=O)N[C@@H](CCC(=O)O)C(=O)O)cc1.OC(Cn1cncn1)(Cn1cncn1)c1ccc(F)cc1F. The first-order valence-electron chi connectivity index (χ1n) is 16.1. The third kappa shape index (κ3) is 10.2. The van der Waals surface area contributed by atoms with Gasteiger partial charge in [-0.1, -0.05) is 6.07 Å². The highest BCUT2D eigenvalue weighted by Crippen LogP contribution is 2.28. The Balaban J connectivity index is 0.000000228. The number of aromatic nitrogens is 10. The van der Waals surface area contributed by atoms with E-state index >= 15 is 0 Å². The number of halogens is 2. The molecule has 0 bridgehead atoms. The average molecular weight is 761 g/mol. The van der Waals surface area contributed by atoms with Crippen LogP contribution in [0.15, 0.2) is 74.0 Å². The summed E-state index contributed by atoms with van der Waals surface area (Å²) in [5.74, 6) is -4.47. The number of rotatable bonds is 14. The Labute approximate surface area is 309 Å². The molecular formula is C33H34F2N14O6. The van der Waals surface area contributed by atoms with Gasteiger partial charge in [0.15, 0.2) is 17.0 Å². The number of fused-ring (bicyclic) bond motifs is 1. The van der Waals surface area contributed by atoms with E-state index in [1.807, 2.05) is 11.9 Å². The van der Waals surface area contributed by atoms with E-state index in [1.54, 1.807) is 18.3 Å². The zero-order valence-corrected chi connectivity index (χ0v) is 28.9. The number of nitrogens with one attached hydrogen (secondary N) is 1. The molecule has 1 atom stereocenters. The number of amides is 1. The number of nitrogens with zero attached hydrogens (tertiary/aromatic N) is 11. The molecule has 0 aliphatic carbocycles. The summed E-state index contributed by atoms with van der Waals surface area (Å²) in [5.41, 5.74) is 11.9. The molecule has 8 N–H and O–H groups in total. The van der Waals surface area contributed by atoms with Crippen LogP contribution in [-0.2, 0) is 34.8 Å². The summed E-state index contributed by atoms with van der Waals surface area (Å²) in [6, 6.07) is 8.18. The van der Waals surface area contributed by atoms with Crippen molar-refractivity contribution in [3.8, 4) is 0 Å². The van der Waals surface area contributed by atoms with Gasteiger partial charge < -0.3 is 37.0 Å². The largest absolute Gasteiger partial charge is 0.481 e. The Hall–Kier alpha value is -7.23. The van der Waals surface area contributed by atoms with Gasteiger partial charge in [0.05, 0.1) is 31.5 Å². The van der Waals surface area contributed by atoms with Crippen molar-refractivity contribution in [3.63, 3.8) is 0 Å². The Morgan fingerprint density at radius 1 is 0.945 bits per heavy atom. The van der Waals surface area contributed by atoms with Gasteiger partial charge in [0.1, 0.15) is 48.6 Å². The lowest BCUT2D eigenvalue weighted by Crippen LogP contribution is -2.41. The minimum Gasteiger partial charge on any atom is -0.481 e. The van der Waals surface area contributed by atoms with E-state index in [-0.39, 0.29) is 48.8 Å². The molecule has 55 heavy (non-hydrogen) atoms. The molecule has 6 rings (SSSR count). The number of hydrogen-bond donors (Lipinski definition) is 6. The van der Waals surface area contributed by atoms with E-state index in [0.717, 1.165) is 17.8 Å². The second-order valence-corrected chi connectivity index (χ2v) is 12.0. The van der Waals surface area contributed by atoms with Crippen LogP contribution >= 0.6 is 0 Å². The molecule has 4 aromatic heterocycles. The first-order valence-corrected chi connectivity index (χ1v) is 16.1. The number of carboxylic acids is 2. The molecule has 22 heteroatoms. The van der Waals surface area contributed by atoms with Crippen molar-refractivity contribution in [1.29, 1.82) is 0 Å². The standard InChI is InChI=1S/C20H22N8O5.C13H12F2N6O/c1-28(9-11-8-23-17-15(24-11)16(21)26-20(22)27-17)12-4-2-10(3-5-12)18(31)25-13(19(32)33)6-7-14(29)30;14-10-1-2-11(12(15)3-10)13(22,4-20-8-16-6-18-20)5-21-9-17-7-19-21/h2-5,8,13H,6-7,9H2,1H3,(H,25,31)(H,29,30)(H,32,33)(H4,21,22,23,26,27);1-3,6-9,22H,4-5H2/t13-;/m0./s1. The number of carboxylic acid groups (broad SMARTS) is 2. The molecule has 20 nitrogen and oxygen atoms in total. The lowest BCUT2D eigenvalue weighted by Gasteiger charge is -2.28. The number of anilines is 3. The van der Waals surface area contributed by atoms with Crippen molar-refractivity contribution in [2.24, 2.45) is 0 Å². The van der Waals surface area contributed by atoms with Crippen molar-refractivity contribution in [2.45, 2.75) is 44.1 Å². The summed E-state index contributed by atoms with van der Waals surface area (Å²) in [7, 11) is 1.82. The molecule has 0 aliphatic heterocycles. The lowest BCUT2D eigenvalue weighted by molar-refractivity contribution is -0.140. The number of nitrogen functional groups attached to an aromatic ring is 2. The first-order chi connectivity index (χ1) is 26.2. The summed E-state index contributed by atoms with van der Waals surface area (Å²) < 4.78 is 29.9. The predicted octanol–water partition coefficient (Wildman–Crippen LogP) is 1.00. The Morgan fingerprint density at radius 2 is 1.60 bits per heavy atom. The van der Waals surface area contributed by atoms with Gasteiger partial charge in [-0.3, -0.25) is 9.59 Å². The number of aliphatic hydroxyl groups is 1. The second-order valence-electron chi connectivity index (χ2n) is 12.0. The van der Waals surface area contributed by atoms with Gasteiger partial charge in [-0.05, 0) is 36.8 Å². The van der Waals surface area contributed by atoms with Crippen LogP contribution in [0.25, 0.3) is 11.2 Å². The Morgan fingerprint density at radius 3 is 2.16 bits per heavy atom. The molecule has 0 spiro atoms. The van der Waals surface area contributed by atoms with E-state index < -0.39 is 41.1 Å². The molecule has 6 aromatic rings. The van der Waals surface area contributed by atoms with Crippen molar-refractivity contribution in [3.05, 3.63) is 102 Å². The fraction of sp³-hybridized carbons (Fsp3) is 0.242. The normalized spacial score (nSPS) is 11.7. The van der Waals surface area contributed by atoms with Gasteiger partial charge in [0.25, 0.3) is 5.91 Å². The van der Waals surface area contributed by atoms with E-state index in [1.165, 1.54) is 52.9 Å². The summed E-state index contributed by atoms with van der Waals surface area (Å²) in [5, 5.41) is 39.0. The fourth-order valence-corrected chi connectivity index (χ4v) is 5.28. The fourth-order valence-electron chi connectivity index (χ4n) is 5.28. The number of nitrogens with two attached hydrogens (primary N) is 2. The van der Waals surface area contributed by atoms with Crippen LogP contribution in [0.5, 0.6) is 0 Å². The summed E-state index contributed by atoms with van der Waals surface area (Å²) in [6.07, 6.45) is 6.36. The monoisotopic (exact) mass is 760 g/mol. The number of carbonyl (C=O) groups excluding carboxylic acids is 1. The van der Waals surface area contributed by atoms with Gasteiger partial charge in [0, 0.05) is 36.3 Å². The van der Waals surface area contributed by atoms with Gasteiger partial charge in [0.2, 0.25) is 5.95 Å². The summed E-state index contributed by atoms with van der Waals surface area (Å²) in [4.78, 5) is 60.3. The number of aliphatic carboxylic acids is 2. The van der Waals surface area contributed by atoms with Gasteiger partial charge in [-0.15, -0.1) is 0 Å². The maximum Gasteiger partial charge on any atom is 0.326 e. The Bertz CT molecular complexity index is 2220. The molecular weight excluding hydrogens is 726 g/mol. The molecule has 2 aromatic carbocycles. The molecule has 0 saturated carbocycles. The smallest absolute Gasteiger partial charge is 0.326 e. The van der Waals surface area contributed by atoms with Crippen LogP contribution in [0.2, 0.25) is 0 Å². The molecule has 0 radical (unpaired) electrons. The van der Waals surface area contributed by atoms with Crippen molar-refractivity contribution in [2.75, 3.05) is 23.4 Å². The van der Waals surface area contributed by atoms with Crippen LogP contribution in [-0.4, -0.2) is 95.7 Å². The zero-order chi connectivity index (χ0) is 39.7. The van der Waals surface area contributed by atoms with Crippen LogP contribution in [0.1, 0.15) is 34.5 Å². The van der Waals surface area contributed by atoms with Crippen molar-refractivity contribution in [1.82, 2.24) is 54.8 Å². The molecule has 4 heterocycles. The highest BCUT2D eigenvalue weighted by molar-refractivity contribution is 5.97. The molecule has 0 fully saturated rings. The van der Waals surface area contributed by atoms with Crippen molar-refractivity contribution < 1.29 is 38.5 Å². The number of hydrogen-bond acceptors (Lipinski definition) is 15. The van der Waals surface area contributed by atoms with E-state index in [9.17, 15) is 33.4 Å². The van der Waals surface area contributed by atoms with Crippen LogP contribution in [0.4, 0.5) is 26.2 Å². The molecule has 0 aliphatic rings. The first kappa shape index (κ1) is 39.0. The average Bonchev–Trinajstić information content (AvgIpc) is 3.85. The van der Waals surface area contributed by atoms with Gasteiger partial charge in [-0.25, -0.2) is 42.9 Å². The van der Waals surface area contributed by atoms with Crippen LogP contribution in [0, 0.1) is 11.6 Å². The molecule has 1 amide bonds. The molecule has 0 unspecified atom stereocenters. The zero-order valence-electron chi connectivity index (χ0n) is 28.9. The summed E-state index contributed by atoms with van der Waals surface area (Å²) >= 11 is 0. The van der Waals surface area contributed by atoms with Crippen LogP contribution < -0.4 is 21.7 Å². The summed E-state index contributed by atoms with van der Waals surface area (Å²) in [6.45, 7) is 0.222. The third-order valence-corrected chi connectivity index (χ3v) is 7.93. The molecule has 286 valence electrons. The highest BCUT2D eigenvalue weighted by Gasteiger charge is 2.34. The highest BCUT2D eigenvalue weighted by atomic mass is 19.1. The maximum absolute atomic E-state index is 14.1. The van der Waals surface area contributed by atoms with Gasteiger partial charge in [-0.2, -0.15) is 20.2 Å².